The van der Waals surface area contributed by atoms with E-state index >= 15 is 0 Å². The Morgan fingerprint density at radius 2 is 2.00 bits per heavy atom. The lowest BCUT2D eigenvalue weighted by Gasteiger charge is -2.20. The predicted octanol–water partition coefficient (Wildman–Crippen LogP) is 2.43. The van der Waals surface area contributed by atoms with Gasteiger partial charge in [-0.2, -0.15) is 0 Å². The van der Waals surface area contributed by atoms with Gasteiger partial charge in [0.05, 0.1) is 11.5 Å². The van der Waals surface area contributed by atoms with Gasteiger partial charge in [0.1, 0.15) is 11.9 Å². The van der Waals surface area contributed by atoms with E-state index in [-0.39, 0.29) is 23.7 Å². The van der Waals surface area contributed by atoms with Crippen molar-refractivity contribution in [1.29, 1.82) is 0 Å². The van der Waals surface area contributed by atoms with Gasteiger partial charge in [0.15, 0.2) is 9.84 Å². The second-order valence-corrected chi connectivity index (χ2v) is 7.87. The first kappa shape index (κ1) is 14.4. The van der Waals surface area contributed by atoms with Gasteiger partial charge in [-0.1, -0.05) is 36.4 Å². The largest absolute Gasteiger partial charge is 0.488 e. The highest BCUT2D eigenvalue weighted by Crippen LogP contribution is 2.34. The number of ether oxygens (including phenoxy) is 1. The van der Waals surface area contributed by atoms with E-state index in [0.29, 0.717) is 6.42 Å². The van der Waals surface area contributed by atoms with Crippen LogP contribution in [0.3, 0.4) is 0 Å². The minimum Gasteiger partial charge on any atom is -0.488 e. The van der Waals surface area contributed by atoms with Gasteiger partial charge in [-0.05, 0) is 18.7 Å². The molecule has 2 aromatic carbocycles. The quantitative estimate of drug-likeness (QED) is 0.945. The molecule has 1 saturated heterocycles. The van der Waals surface area contributed by atoms with Crippen LogP contribution < -0.4 is 10.5 Å². The highest BCUT2D eigenvalue weighted by atomic mass is 32.2. The molecule has 1 fully saturated rings. The van der Waals surface area contributed by atoms with Crippen molar-refractivity contribution in [3.63, 3.8) is 0 Å². The lowest BCUT2D eigenvalue weighted by molar-refractivity contribution is 0.229. The Labute approximate surface area is 124 Å². The summed E-state index contributed by atoms with van der Waals surface area (Å²) in [7, 11) is -2.96. The second-order valence-electron chi connectivity index (χ2n) is 5.64. The molecule has 1 aliphatic heterocycles. The molecule has 0 saturated carbocycles. The third-order valence-electron chi connectivity index (χ3n) is 3.88. The van der Waals surface area contributed by atoms with E-state index in [1.54, 1.807) is 0 Å². The van der Waals surface area contributed by atoms with E-state index in [9.17, 15) is 8.42 Å². The van der Waals surface area contributed by atoms with Gasteiger partial charge in [-0.25, -0.2) is 8.42 Å². The highest BCUT2D eigenvalue weighted by molar-refractivity contribution is 7.91. The monoisotopic (exact) mass is 305 g/mol. The normalized spacial score (nSPS) is 22.3. The van der Waals surface area contributed by atoms with Gasteiger partial charge in [0.25, 0.3) is 0 Å². The first-order valence-electron chi connectivity index (χ1n) is 7.10. The lowest BCUT2D eigenvalue weighted by atomic mass is 10.0. The molecule has 0 aromatic heterocycles. The van der Waals surface area contributed by atoms with Crippen molar-refractivity contribution in [2.45, 2.75) is 25.5 Å². The van der Waals surface area contributed by atoms with Gasteiger partial charge >= 0.3 is 0 Å². The fourth-order valence-corrected chi connectivity index (χ4v) is 4.36. The van der Waals surface area contributed by atoms with Crippen LogP contribution >= 0.6 is 0 Å². The molecule has 3 rings (SSSR count). The zero-order valence-electron chi connectivity index (χ0n) is 12.0. The van der Waals surface area contributed by atoms with Crippen LogP contribution in [-0.4, -0.2) is 26.0 Å². The molecule has 0 aliphatic carbocycles. The van der Waals surface area contributed by atoms with Crippen LogP contribution in [0.2, 0.25) is 0 Å². The number of hydrogen-bond donors (Lipinski definition) is 1. The Morgan fingerprint density at radius 1 is 1.24 bits per heavy atom. The topological polar surface area (TPSA) is 69.4 Å². The molecule has 1 heterocycles. The average Bonchev–Trinajstić information content (AvgIpc) is 2.78. The summed E-state index contributed by atoms with van der Waals surface area (Å²) in [5.74, 6) is 1.02. The van der Waals surface area contributed by atoms with E-state index in [2.05, 4.69) is 0 Å². The van der Waals surface area contributed by atoms with Crippen LogP contribution in [0.4, 0.5) is 0 Å². The summed E-state index contributed by atoms with van der Waals surface area (Å²) in [6.45, 7) is 1.91. The van der Waals surface area contributed by atoms with Crippen LogP contribution in [-0.2, 0) is 9.84 Å². The highest BCUT2D eigenvalue weighted by Gasteiger charge is 2.30. The second kappa shape index (κ2) is 5.31. The number of benzene rings is 2. The minimum absolute atomic E-state index is 0.0919. The molecule has 4 nitrogen and oxygen atoms in total. The predicted molar refractivity (Wildman–Crippen MR) is 84.2 cm³/mol. The van der Waals surface area contributed by atoms with E-state index in [4.69, 9.17) is 10.5 Å². The zero-order valence-corrected chi connectivity index (χ0v) is 12.8. The molecule has 21 heavy (non-hydrogen) atoms. The average molecular weight is 305 g/mol. The molecule has 2 N–H and O–H groups in total. The van der Waals surface area contributed by atoms with Gasteiger partial charge in [0, 0.05) is 17.0 Å². The Kier molecular flexibility index (Phi) is 3.63. The molecule has 0 bridgehead atoms. The molecule has 2 aromatic rings. The van der Waals surface area contributed by atoms with Crippen molar-refractivity contribution in [2.24, 2.45) is 5.73 Å². The van der Waals surface area contributed by atoms with Crippen molar-refractivity contribution in [1.82, 2.24) is 0 Å². The maximum atomic E-state index is 11.6. The first-order valence-corrected chi connectivity index (χ1v) is 8.93. The van der Waals surface area contributed by atoms with Gasteiger partial charge in [-0.3, -0.25) is 0 Å². The van der Waals surface area contributed by atoms with Crippen LogP contribution in [0.1, 0.15) is 24.9 Å². The van der Waals surface area contributed by atoms with Crippen LogP contribution in [0, 0.1) is 0 Å². The summed E-state index contributed by atoms with van der Waals surface area (Å²) >= 11 is 0. The van der Waals surface area contributed by atoms with E-state index < -0.39 is 9.84 Å². The summed E-state index contributed by atoms with van der Waals surface area (Å²) in [5, 5.41) is 2.05. The SMILES string of the molecule is C[C@@H](N)c1ccc2ccccc2c1OC1CCS(=O)(=O)C1. The van der Waals surface area contributed by atoms with Crippen molar-refractivity contribution in [3.8, 4) is 5.75 Å². The van der Waals surface area contributed by atoms with E-state index in [1.807, 2.05) is 43.3 Å². The number of rotatable bonds is 3. The Hall–Kier alpha value is -1.59. The maximum absolute atomic E-state index is 11.6. The zero-order chi connectivity index (χ0) is 15.0. The number of sulfone groups is 1. The van der Waals surface area contributed by atoms with Crippen LogP contribution in [0.25, 0.3) is 10.8 Å². The molecule has 0 amide bonds. The number of hydrogen-bond acceptors (Lipinski definition) is 4. The number of nitrogens with two attached hydrogens (primary N) is 1. The first-order chi connectivity index (χ1) is 9.96. The van der Waals surface area contributed by atoms with Crippen molar-refractivity contribution in [2.75, 3.05) is 11.5 Å². The van der Waals surface area contributed by atoms with E-state index in [0.717, 1.165) is 22.1 Å². The van der Waals surface area contributed by atoms with Crippen LogP contribution in [0.15, 0.2) is 36.4 Å². The smallest absolute Gasteiger partial charge is 0.154 e. The summed E-state index contributed by atoms with van der Waals surface area (Å²) in [6, 6.07) is 11.7. The Morgan fingerprint density at radius 3 is 2.67 bits per heavy atom. The minimum atomic E-state index is -2.96. The fourth-order valence-electron chi connectivity index (χ4n) is 2.77. The van der Waals surface area contributed by atoms with Gasteiger partial charge < -0.3 is 10.5 Å². The fraction of sp³-hybridized carbons (Fsp3) is 0.375. The van der Waals surface area contributed by atoms with Crippen LogP contribution in [0.5, 0.6) is 5.75 Å². The molecule has 1 unspecified atom stereocenters. The standard InChI is InChI=1S/C16H19NO3S/c1-11(17)14-7-6-12-4-2-3-5-15(12)16(14)20-13-8-9-21(18,19)10-13/h2-7,11,13H,8-10,17H2,1H3/t11-,13?/m1/s1. The Balaban J connectivity index is 2.04. The molecule has 2 atom stereocenters. The maximum Gasteiger partial charge on any atom is 0.154 e. The van der Waals surface area contributed by atoms with Crippen molar-refractivity contribution >= 4 is 20.6 Å². The molecule has 0 spiro atoms. The molecule has 0 radical (unpaired) electrons. The summed E-state index contributed by atoms with van der Waals surface area (Å²) in [4.78, 5) is 0. The van der Waals surface area contributed by atoms with E-state index in [1.165, 1.54) is 0 Å². The summed E-state index contributed by atoms with van der Waals surface area (Å²) < 4.78 is 29.3. The van der Waals surface area contributed by atoms with Crippen molar-refractivity contribution in [3.05, 3.63) is 42.0 Å². The van der Waals surface area contributed by atoms with Gasteiger partial charge in [-0.15, -0.1) is 0 Å². The molecular formula is C16H19NO3S. The molecule has 112 valence electrons. The third kappa shape index (κ3) is 2.89. The lowest BCUT2D eigenvalue weighted by Crippen LogP contribution is -2.19. The van der Waals surface area contributed by atoms with Crippen molar-refractivity contribution < 1.29 is 13.2 Å². The summed E-state index contributed by atoms with van der Waals surface area (Å²) in [5.41, 5.74) is 6.95. The summed E-state index contributed by atoms with van der Waals surface area (Å²) in [6.07, 6.45) is 0.266. The molecule has 5 heteroatoms. The molecular weight excluding hydrogens is 286 g/mol. The van der Waals surface area contributed by atoms with Gasteiger partial charge in [0.2, 0.25) is 0 Å². The molecule has 1 aliphatic rings. The Bertz CT molecular complexity index is 768. The third-order valence-corrected chi connectivity index (χ3v) is 5.61. The number of fused-ring (bicyclic) bond motifs is 1.